The molecule has 0 unspecified atom stereocenters. The fraction of sp³-hybridized carbons (Fsp3) is 0.389. The molecule has 0 spiro atoms. The van der Waals surface area contributed by atoms with Crippen LogP contribution in [-0.2, 0) is 20.7 Å². The number of aryl methyl sites for hydroxylation is 2. The van der Waals surface area contributed by atoms with Gasteiger partial charge in [0.1, 0.15) is 0 Å². The maximum Gasteiger partial charge on any atom is 0.328 e. The number of hydrogen-bond donors (Lipinski definition) is 1. The Labute approximate surface area is 145 Å². The van der Waals surface area contributed by atoms with E-state index in [1.165, 1.54) is 4.90 Å². The lowest BCUT2D eigenvalue weighted by Gasteiger charge is -2.32. The lowest BCUT2D eigenvalue weighted by Crippen LogP contribution is -2.52. The van der Waals surface area contributed by atoms with E-state index in [2.05, 4.69) is 4.98 Å². The number of nitrogens with zero attached hydrogens (tertiary/aromatic N) is 2. The third kappa shape index (κ3) is 4.06. The van der Waals surface area contributed by atoms with Crippen LogP contribution in [-0.4, -0.2) is 52.7 Å². The van der Waals surface area contributed by atoms with Crippen molar-refractivity contribution in [3.8, 4) is 11.3 Å². The summed E-state index contributed by atoms with van der Waals surface area (Å²) in [5.41, 5.74) is 2.09. The molecule has 0 aliphatic carbocycles. The molecule has 1 atom stereocenters. The second kappa shape index (κ2) is 7.48. The van der Waals surface area contributed by atoms with Crippen LogP contribution in [0.15, 0.2) is 34.9 Å². The highest BCUT2D eigenvalue weighted by Crippen LogP contribution is 2.21. The Morgan fingerprint density at radius 3 is 2.80 bits per heavy atom. The summed E-state index contributed by atoms with van der Waals surface area (Å²) in [4.78, 5) is 29.1. The van der Waals surface area contributed by atoms with Gasteiger partial charge >= 0.3 is 5.97 Å². The zero-order valence-corrected chi connectivity index (χ0v) is 14.0. The number of rotatable bonds is 5. The van der Waals surface area contributed by atoms with Gasteiger partial charge in [0.2, 0.25) is 5.91 Å². The molecule has 2 heterocycles. The van der Waals surface area contributed by atoms with Crippen molar-refractivity contribution in [1.29, 1.82) is 0 Å². The van der Waals surface area contributed by atoms with Gasteiger partial charge in [0.05, 0.1) is 19.4 Å². The Morgan fingerprint density at radius 1 is 1.32 bits per heavy atom. The number of aliphatic carboxylic acids is 1. The highest BCUT2D eigenvalue weighted by atomic mass is 16.5. The molecule has 2 aromatic rings. The number of carbonyl (C=O) groups excluding carboxylic acids is 1. The van der Waals surface area contributed by atoms with Crippen LogP contribution in [0.25, 0.3) is 11.3 Å². The molecule has 0 saturated carbocycles. The maximum absolute atomic E-state index is 12.3. The van der Waals surface area contributed by atoms with E-state index in [1.54, 1.807) is 6.20 Å². The summed E-state index contributed by atoms with van der Waals surface area (Å²) < 4.78 is 10.8. The van der Waals surface area contributed by atoms with Crippen LogP contribution in [0.4, 0.5) is 0 Å². The zero-order chi connectivity index (χ0) is 17.8. The number of carboxylic acid groups (broad SMARTS) is 1. The van der Waals surface area contributed by atoms with Crippen LogP contribution in [0.2, 0.25) is 0 Å². The van der Waals surface area contributed by atoms with Crippen LogP contribution in [0.3, 0.4) is 0 Å². The molecule has 1 aliphatic rings. The number of hydrogen-bond acceptors (Lipinski definition) is 5. The van der Waals surface area contributed by atoms with Gasteiger partial charge in [-0.1, -0.05) is 29.8 Å². The SMILES string of the molecule is Cc1ccc(-c2cnc(CCC(=O)N3CCOC[C@H]3C(=O)O)o2)cc1. The smallest absolute Gasteiger partial charge is 0.328 e. The number of aromatic nitrogens is 1. The van der Waals surface area contributed by atoms with Crippen molar-refractivity contribution in [2.24, 2.45) is 0 Å². The summed E-state index contributed by atoms with van der Waals surface area (Å²) >= 11 is 0. The zero-order valence-electron chi connectivity index (χ0n) is 14.0. The van der Waals surface area contributed by atoms with Crippen LogP contribution in [0, 0.1) is 6.92 Å². The van der Waals surface area contributed by atoms with Crippen molar-refractivity contribution >= 4 is 11.9 Å². The summed E-state index contributed by atoms with van der Waals surface area (Å²) in [6.07, 6.45) is 2.12. The van der Waals surface area contributed by atoms with Gasteiger partial charge in [-0.15, -0.1) is 0 Å². The van der Waals surface area contributed by atoms with Crippen LogP contribution in [0.1, 0.15) is 17.9 Å². The van der Waals surface area contributed by atoms with Crippen molar-refractivity contribution in [3.63, 3.8) is 0 Å². The maximum atomic E-state index is 12.3. The number of oxazole rings is 1. The third-order valence-corrected chi connectivity index (χ3v) is 4.18. The first kappa shape index (κ1) is 17.2. The molecule has 3 rings (SSSR count). The van der Waals surface area contributed by atoms with Crippen molar-refractivity contribution in [2.45, 2.75) is 25.8 Å². The predicted molar refractivity (Wildman–Crippen MR) is 89.0 cm³/mol. The van der Waals surface area contributed by atoms with E-state index in [0.717, 1.165) is 11.1 Å². The predicted octanol–water partition coefficient (Wildman–Crippen LogP) is 1.89. The lowest BCUT2D eigenvalue weighted by atomic mass is 10.1. The molecule has 25 heavy (non-hydrogen) atoms. The summed E-state index contributed by atoms with van der Waals surface area (Å²) in [5.74, 6) is -0.169. The van der Waals surface area contributed by atoms with Crippen molar-refractivity contribution in [3.05, 3.63) is 41.9 Å². The molecule has 1 aromatic carbocycles. The van der Waals surface area contributed by atoms with E-state index in [0.29, 0.717) is 24.7 Å². The molecule has 7 heteroatoms. The molecule has 1 aliphatic heterocycles. The van der Waals surface area contributed by atoms with Crippen molar-refractivity contribution in [1.82, 2.24) is 9.88 Å². The largest absolute Gasteiger partial charge is 0.480 e. The molecule has 7 nitrogen and oxygen atoms in total. The van der Waals surface area contributed by atoms with Gasteiger partial charge in [-0.25, -0.2) is 9.78 Å². The first-order chi connectivity index (χ1) is 12.0. The molecule has 1 amide bonds. The van der Waals surface area contributed by atoms with Crippen molar-refractivity contribution in [2.75, 3.05) is 19.8 Å². The Hall–Kier alpha value is -2.67. The van der Waals surface area contributed by atoms with Crippen LogP contribution >= 0.6 is 0 Å². The average Bonchev–Trinajstić information content (AvgIpc) is 3.09. The van der Waals surface area contributed by atoms with Crippen LogP contribution < -0.4 is 0 Å². The molecule has 0 bridgehead atoms. The quantitative estimate of drug-likeness (QED) is 0.890. The van der Waals surface area contributed by atoms with E-state index in [1.807, 2.05) is 31.2 Å². The number of carbonyl (C=O) groups is 2. The number of amides is 1. The van der Waals surface area contributed by atoms with Gasteiger partial charge in [-0.3, -0.25) is 4.79 Å². The number of benzene rings is 1. The van der Waals surface area contributed by atoms with Gasteiger partial charge in [0.15, 0.2) is 17.7 Å². The first-order valence-corrected chi connectivity index (χ1v) is 8.16. The Bertz CT molecular complexity index is 753. The fourth-order valence-corrected chi connectivity index (χ4v) is 2.74. The molecular weight excluding hydrogens is 324 g/mol. The van der Waals surface area contributed by atoms with Gasteiger partial charge < -0.3 is 19.2 Å². The molecule has 132 valence electrons. The second-order valence-corrected chi connectivity index (χ2v) is 6.00. The normalized spacial score (nSPS) is 17.5. The molecule has 0 radical (unpaired) electrons. The standard InChI is InChI=1S/C18H20N2O5/c1-12-2-4-13(5-3-12)15-10-19-16(25-15)6-7-17(21)20-8-9-24-11-14(20)18(22)23/h2-5,10,14H,6-9,11H2,1H3,(H,22,23)/t14-/m0/s1. The van der Waals surface area contributed by atoms with Gasteiger partial charge in [0, 0.05) is 24.9 Å². The topological polar surface area (TPSA) is 92.9 Å². The first-order valence-electron chi connectivity index (χ1n) is 8.16. The highest BCUT2D eigenvalue weighted by molar-refractivity contribution is 5.84. The number of morpholine rings is 1. The van der Waals surface area contributed by atoms with E-state index in [9.17, 15) is 14.7 Å². The van der Waals surface area contributed by atoms with Gasteiger partial charge in [-0.05, 0) is 6.92 Å². The van der Waals surface area contributed by atoms with E-state index >= 15 is 0 Å². The molecule has 1 saturated heterocycles. The minimum absolute atomic E-state index is 0.0254. The Morgan fingerprint density at radius 2 is 2.08 bits per heavy atom. The molecular formula is C18H20N2O5. The summed E-state index contributed by atoms with van der Waals surface area (Å²) in [7, 11) is 0. The summed E-state index contributed by atoms with van der Waals surface area (Å²) in [6, 6.07) is 6.97. The van der Waals surface area contributed by atoms with E-state index < -0.39 is 12.0 Å². The molecule has 1 N–H and O–H groups in total. The van der Waals surface area contributed by atoms with Gasteiger partial charge in [-0.2, -0.15) is 0 Å². The summed E-state index contributed by atoms with van der Waals surface area (Å²) in [5, 5.41) is 9.19. The third-order valence-electron chi connectivity index (χ3n) is 4.18. The molecule has 1 aromatic heterocycles. The van der Waals surface area contributed by atoms with Gasteiger partial charge in [0.25, 0.3) is 0 Å². The second-order valence-electron chi connectivity index (χ2n) is 6.00. The summed E-state index contributed by atoms with van der Waals surface area (Å²) in [6.45, 7) is 2.68. The molecule has 1 fully saturated rings. The fourth-order valence-electron chi connectivity index (χ4n) is 2.74. The van der Waals surface area contributed by atoms with E-state index in [4.69, 9.17) is 9.15 Å². The minimum Gasteiger partial charge on any atom is -0.480 e. The monoisotopic (exact) mass is 344 g/mol. The van der Waals surface area contributed by atoms with Crippen LogP contribution in [0.5, 0.6) is 0 Å². The Kier molecular flexibility index (Phi) is 5.14. The van der Waals surface area contributed by atoms with E-state index in [-0.39, 0.29) is 25.5 Å². The number of carboxylic acids is 1. The Balaban J connectivity index is 1.61. The lowest BCUT2D eigenvalue weighted by molar-refractivity contribution is -0.158. The van der Waals surface area contributed by atoms with Crippen molar-refractivity contribution < 1.29 is 23.8 Å². The number of ether oxygens (including phenoxy) is 1. The highest BCUT2D eigenvalue weighted by Gasteiger charge is 2.32. The minimum atomic E-state index is -1.05. The average molecular weight is 344 g/mol.